The van der Waals surface area contributed by atoms with Crippen LogP contribution in [-0.2, 0) is 4.79 Å². The van der Waals surface area contributed by atoms with Crippen molar-refractivity contribution in [2.45, 2.75) is 112 Å². The van der Waals surface area contributed by atoms with Crippen molar-refractivity contribution in [3.63, 3.8) is 0 Å². The zero-order valence-electron chi connectivity index (χ0n) is 21.0. The molecule has 5 aliphatic carbocycles. The van der Waals surface area contributed by atoms with Gasteiger partial charge in [0.25, 0.3) is 0 Å². The van der Waals surface area contributed by atoms with Gasteiger partial charge < -0.3 is 9.90 Å². The molecule has 0 heterocycles. The number of carbonyl (C=O) groups excluding carboxylic acids is 1. The third-order valence-corrected chi connectivity index (χ3v) is 12.1. The minimum atomic E-state index is -0.156. The Bertz CT molecular complexity index is 793. The Kier molecular flexibility index (Phi) is 4.80. The average Bonchev–Trinajstić information content (AvgIpc) is 2.70. The Balaban J connectivity index is 1.54. The van der Waals surface area contributed by atoms with E-state index in [1.54, 1.807) is 5.57 Å². The molecule has 0 aromatic rings. The van der Waals surface area contributed by atoms with Crippen LogP contribution in [0.2, 0.25) is 0 Å². The van der Waals surface area contributed by atoms with Gasteiger partial charge in [0.1, 0.15) is 6.29 Å². The van der Waals surface area contributed by atoms with Gasteiger partial charge in [-0.2, -0.15) is 0 Å². The van der Waals surface area contributed by atoms with Gasteiger partial charge in [0.15, 0.2) is 0 Å². The van der Waals surface area contributed by atoms with Crippen molar-refractivity contribution in [2.75, 3.05) is 0 Å². The first-order chi connectivity index (χ1) is 14.4. The molecule has 0 aromatic heterocycles. The molecule has 5 rings (SSSR count). The molecule has 4 fully saturated rings. The molecule has 4 saturated carbocycles. The van der Waals surface area contributed by atoms with Crippen molar-refractivity contribution in [3.8, 4) is 0 Å². The molecule has 31 heavy (non-hydrogen) atoms. The highest BCUT2D eigenvalue weighted by molar-refractivity contribution is 5.62. The molecule has 5 aliphatic rings. The van der Waals surface area contributed by atoms with E-state index in [4.69, 9.17) is 0 Å². The Labute approximate surface area is 190 Å². The number of carbonyl (C=O) groups is 1. The zero-order valence-corrected chi connectivity index (χ0v) is 21.0. The Morgan fingerprint density at radius 2 is 1.55 bits per heavy atom. The van der Waals surface area contributed by atoms with Gasteiger partial charge in [-0.05, 0) is 110 Å². The summed E-state index contributed by atoms with van der Waals surface area (Å²) in [7, 11) is 0. The van der Waals surface area contributed by atoms with E-state index in [0.717, 1.165) is 19.3 Å². The predicted molar refractivity (Wildman–Crippen MR) is 126 cm³/mol. The van der Waals surface area contributed by atoms with Crippen molar-refractivity contribution in [2.24, 2.45) is 50.7 Å². The minimum absolute atomic E-state index is 0.0188. The fourth-order valence-corrected chi connectivity index (χ4v) is 10.2. The Morgan fingerprint density at radius 1 is 0.839 bits per heavy atom. The number of aliphatic hydroxyl groups is 1. The van der Waals surface area contributed by atoms with Crippen LogP contribution in [0.25, 0.3) is 0 Å². The fraction of sp³-hybridized carbons (Fsp3) is 0.897. The van der Waals surface area contributed by atoms with Crippen LogP contribution < -0.4 is 0 Å². The monoisotopic (exact) mass is 426 g/mol. The van der Waals surface area contributed by atoms with Crippen molar-refractivity contribution >= 4 is 6.29 Å². The normalized spacial score (nSPS) is 52.6. The summed E-state index contributed by atoms with van der Waals surface area (Å²) in [4.78, 5) is 12.5. The van der Waals surface area contributed by atoms with Crippen LogP contribution in [0.4, 0.5) is 0 Å². The van der Waals surface area contributed by atoms with E-state index in [9.17, 15) is 9.90 Å². The van der Waals surface area contributed by atoms with Crippen LogP contribution in [0.5, 0.6) is 0 Å². The second kappa shape index (κ2) is 6.71. The van der Waals surface area contributed by atoms with Crippen molar-refractivity contribution in [1.82, 2.24) is 0 Å². The molecule has 1 N–H and O–H groups in total. The SMILES string of the molecule is CC1(C)CCC2(C=O)CCC3C(=CCC4C3(C)CCC3C(C)(C)C(O)CCC34C)C2C1. The highest BCUT2D eigenvalue weighted by Gasteiger charge is 2.64. The average molecular weight is 427 g/mol. The van der Waals surface area contributed by atoms with E-state index in [1.807, 2.05) is 0 Å². The minimum Gasteiger partial charge on any atom is -0.393 e. The summed E-state index contributed by atoms with van der Waals surface area (Å²) in [6.07, 6.45) is 15.5. The van der Waals surface area contributed by atoms with Crippen molar-refractivity contribution < 1.29 is 9.90 Å². The standard InChI is InChI=1S/C29H46O2/c1-25(2)15-16-29(18-30)14-9-20-19(21(29)17-25)7-8-23-27(20,5)12-10-22-26(3,4)24(31)11-13-28(22,23)6/h7,18,20-24,31H,8-17H2,1-6H3. The van der Waals surface area contributed by atoms with Gasteiger partial charge >= 0.3 is 0 Å². The first-order valence-electron chi connectivity index (χ1n) is 13.2. The molecule has 0 aromatic carbocycles. The number of aliphatic hydroxyl groups excluding tert-OH is 1. The molecule has 2 nitrogen and oxygen atoms in total. The lowest BCUT2D eigenvalue weighted by molar-refractivity contribution is -0.186. The molecule has 8 unspecified atom stereocenters. The molecule has 0 bridgehead atoms. The fourth-order valence-electron chi connectivity index (χ4n) is 10.2. The number of allylic oxidation sites excluding steroid dienone is 2. The zero-order chi connectivity index (χ0) is 22.4. The van der Waals surface area contributed by atoms with Gasteiger partial charge in [-0.1, -0.05) is 53.2 Å². The molecule has 0 saturated heterocycles. The van der Waals surface area contributed by atoms with Gasteiger partial charge in [0.2, 0.25) is 0 Å². The van der Waals surface area contributed by atoms with Gasteiger partial charge in [0.05, 0.1) is 6.10 Å². The van der Waals surface area contributed by atoms with E-state index < -0.39 is 0 Å². The number of hydrogen-bond donors (Lipinski definition) is 1. The molecule has 0 aliphatic heterocycles. The maximum absolute atomic E-state index is 12.5. The van der Waals surface area contributed by atoms with Gasteiger partial charge in [-0.3, -0.25) is 0 Å². The van der Waals surface area contributed by atoms with Crippen LogP contribution in [0.3, 0.4) is 0 Å². The quantitative estimate of drug-likeness (QED) is 0.363. The van der Waals surface area contributed by atoms with E-state index in [-0.39, 0.29) is 16.9 Å². The van der Waals surface area contributed by atoms with Gasteiger partial charge in [0, 0.05) is 5.41 Å². The van der Waals surface area contributed by atoms with Crippen LogP contribution >= 0.6 is 0 Å². The lowest BCUT2D eigenvalue weighted by Gasteiger charge is -2.68. The van der Waals surface area contributed by atoms with Crippen molar-refractivity contribution in [3.05, 3.63) is 11.6 Å². The van der Waals surface area contributed by atoms with Gasteiger partial charge in [-0.25, -0.2) is 0 Å². The maximum Gasteiger partial charge on any atom is 0.126 e. The van der Waals surface area contributed by atoms with E-state index in [2.05, 4.69) is 47.6 Å². The molecular formula is C29H46O2. The first kappa shape index (κ1) is 22.2. The molecule has 0 spiro atoms. The lowest BCUT2D eigenvalue weighted by atomic mass is 9.37. The number of fused-ring (bicyclic) bond motifs is 7. The summed E-state index contributed by atoms with van der Waals surface area (Å²) in [5, 5.41) is 10.8. The second-order valence-corrected chi connectivity index (χ2v) is 14.3. The molecule has 0 radical (unpaired) electrons. The van der Waals surface area contributed by atoms with Crippen LogP contribution in [0, 0.1) is 50.7 Å². The van der Waals surface area contributed by atoms with Crippen LogP contribution in [0.15, 0.2) is 11.6 Å². The lowest BCUT2D eigenvalue weighted by Crippen LogP contribution is -2.62. The molecule has 174 valence electrons. The van der Waals surface area contributed by atoms with Crippen LogP contribution in [-0.4, -0.2) is 17.5 Å². The van der Waals surface area contributed by atoms with Gasteiger partial charge in [-0.15, -0.1) is 0 Å². The molecule has 8 atom stereocenters. The summed E-state index contributed by atoms with van der Waals surface area (Å²) in [5.41, 5.74) is 2.64. The first-order valence-corrected chi connectivity index (χ1v) is 13.2. The second-order valence-electron chi connectivity index (χ2n) is 14.3. The third kappa shape index (κ3) is 2.88. The smallest absolute Gasteiger partial charge is 0.126 e. The summed E-state index contributed by atoms with van der Waals surface area (Å²) in [6.45, 7) is 14.7. The number of hydrogen-bond acceptors (Lipinski definition) is 2. The highest BCUT2D eigenvalue weighted by atomic mass is 16.3. The molecule has 2 heteroatoms. The highest BCUT2D eigenvalue weighted by Crippen LogP contribution is 2.71. The Hall–Kier alpha value is -0.630. The molecule has 0 amide bonds. The van der Waals surface area contributed by atoms with E-state index >= 15 is 0 Å². The summed E-state index contributed by atoms with van der Waals surface area (Å²) in [5.74, 6) is 2.45. The predicted octanol–water partition coefficient (Wildman–Crippen LogP) is 6.96. The van der Waals surface area contributed by atoms with E-state index in [1.165, 1.54) is 51.2 Å². The summed E-state index contributed by atoms with van der Waals surface area (Å²) < 4.78 is 0. The summed E-state index contributed by atoms with van der Waals surface area (Å²) >= 11 is 0. The van der Waals surface area contributed by atoms with Crippen LogP contribution in [0.1, 0.15) is 106 Å². The number of aldehydes is 1. The largest absolute Gasteiger partial charge is 0.393 e. The summed E-state index contributed by atoms with van der Waals surface area (Å²) in [6, 6.07) is 0. The number of rotatable bonds is 1. The Morgan fingerprint density at radius 3 is 2.26 bits per heavy atom. The van der Waals surface area contributed by atoms with Crippen molar-refractivity contribution in [1.29, 1.82) is 0 Å². The third-order valence-electron chi connectivity index (χ3n) is 12.1. The topological polar surface area (TPSA) is 37.3 Å². The maximum atomic E-state index is 12.5. The van der Waals surface area contributed by atoms with E-state index in [0.29, 0.717) is 39.9 Å². The molecular weight excluding hydrogens is 380 g/mol.